The fraction of sp³-hybridized carbons (Fsp3) is 0.208. The van der Waals surface area contributed by atoms with Crippen LogP contribution in [0.25, 0.3) is 16.3 Å². The number of nitrogens with one attached hydrogen (secondary N) is 1. The van der Waals surface area contributed by atoms with Crippen LogP contribution in [-0.2, 0) is 18.3 Å². The van der Waals surface area contributed by atoms with Crippen LogP contribution in [0.5, 0.6) is 0 Å². The Balaban J connectivity index is 1.47. The van der Waals surface area contributed by atoms with Gasteiger partial charge in [-0.3, -0.25) is 4.79 Å². The molecule has 0 radical (unpaired) electrons. The minimum Gasteiger partial charge on any atom is -0.381 e. The lowest BCUT2D eigenvalue weighted by atomic mass is 9.86. The summed E-state index contributed by atoms with van der Waals surface area (Å²) in [5, 5.41) is 28.9. The molecule has 17 heteroatoms. The van der Waals surface area contributed by atoms with Gasteiger partial charge in [0.1, 0.15) is 39.8 Å². The Labute approximate surface area is 231 Å². The summed E-state index contributed by atoms with van der Waals surface area (Å²) in [5.41, 5.74) is -3.35. The van der Waals surface area contributed by atoms with E-state index in [0.717, 1.165) is 23.1 Å². The van der Waals surface area contributed by atoms with E-state index in [4.69, 9.17) is 0 Å². The minimum atomic E-state index is -4.99. The van der Waals surface area contributed by atoms with E-state index in [-0.39, 0.29) is 10.6 Å². The SMILES string of the molecule is C[C@@H](NC(=O)c1sc(-c2ccc(-n3ncnn3)cc2)nc1C(F)(F)F)[C@](O)(Cn1cncn1)c1ccc(F)cc1F. The van der Waals surface area contributed by atoms with Crippen molar-refractivity contribution in [1.82, 2.24) is 45.3 Å². The lowest BCUT2D eigenvalue weighted by molar-refractivity contribution is -0.141. The number of hydrogen-bond donors (Lipinski definition) is 2. The van der Waals surface area contributed by atoms with Crippen molar-refractivity contribution >= 4 is 17.2 Å². The molecule has 41 heavy (non-hydrogen) atoms. The Bertz CT molecular complexity index is 1660. The van der Waals surface area contributed by atoms with Crippen molar-refractivity contribution in [3.8, 4) is 16.3 Å². The molecule has 2 aromatic carbocycles. The molecule has 11 nitrogen and oxygen atoms in total. The second-order valence-corrected chi connectivity index (χ2v) is 9.80. The van der Waals surface area contributed by atoms with Crippen molar-refractivity contribution in [1.29, 1.82) is 0 Å². The summed E-state index contributed by atoms with van der Waals surface area (Å²) in [7, 11) is 0. The van der Waals surface area contributed by atoms with Gasteiger partial charge in [-0.1, -0.05) is 6.07 Å². The third-order valence-corrected chi connectivity index (χ3v) is 7.23. The van der Waals surface area contributed by atoms with Gasteiger partial charge in [0.05, 0.1) is 18.3 Å². The lowest BCUT2D eigenvalue weighted by Crippen LogP contribution is -2.52. The molecule has 0 aliphatic carbocycles. The summed E-state index contributed by atoms with van der Waals surface area (Å²) in [6, 6.07) is 7.06. The molecule has 0 aliphatic rings. The number of halogens is 5. The Morgan fingerprint density at radius 2 is 1.85 bits per heavy atom. The molecular formula is C24H18F5N9O2S. The highest BCUT2D eigenvalue weighted by atomic mass is 32.1. The van der Waals surface area contributed by atoms with Crippen molar-refractivity contribution in [3.05, 3.63) is 89.2 Å². The number of tetrazole rings is 1. The van der Waals surface area contributed by atoms with Crippen LogP contribution in [0.2, 0.25) is 0 Å². The largest absolute Gasteiger partial charge is 0.435 e. The first-order valence-electron chi connectivity index (χ1n) is 11.7. The predicted molar refractivity (Wildman–Crippen MR) is 132 cm³/mol. The topological polar surface area (TPSA) is 137 Å². The van der Waals surface area contributed by atoms with Gasteiger partial charge >= 0.3 is 6.18 Å². The summed E-state index contributed by atoms with van der Waals surface area (Å²) in [4.78, 5) is 21.1. The fourth-order valence-electron chi connectivity index (χ4n) is 4.05. The molecule has 1 amide bonds. The van der Waals surface area contributed by atoms with Crippen LogP contribution >= 0.6 is 11.3 Å². The van der Waals surface area contributed by atoms with Crippen LogP contribution in [0.1, 0.15) is 27.9 Å². The average molecular weight is 592 g/mol. The van der Waals surface area contributed by atoms with E-state index in [1.54, 1.807) is 0 Å². The van der Waals surface area contributed by atoms with Gasteiger partial charge in [0.2, 0.25) is 0 Å². The number of nitrogens with zero attached hydrogens (tertiary/aromatic N) is 8. The quantitative estimate of drug-likeness (QED) is 0.262. The summed E-state index contributed by atoms with van der Waals surface area (Å²) in [6.45, 7) is 0.799. The molecule has 0 unspecified atom stereocenters. The number of benzene rings is 2. The summed E-state index contributed by atoms with van der Waals surface area (Å²) in [5.74, 6) is -3.26. The monoisotopic (exact) mass is 591 g/mol. The molecular weight excluding hydrogens is 573 g/mol. The van der Waals surface area contributed by atoms with E-state index in [0.29, 0.717) is 23.1 Å². The number of hydrogen-bond acceptors (Lipinski definition) is 9. The minimum absolute atomic E-state index is 0.101. The van der Waals surface area contributed by atoms with E-state index in [1.807, 2.05) is 0 Å². The Hall–Kier alpha value is -4.64. The number of rotatable bonds is 8. The number of carbonyl (C=O) groups excluding carboxylic acids is 1. The van der Waals surface area contributed by atoms with Gasteiger partial charge < -0.3 is 10.4 Å². The molecule has 0 spiro atoms. The molecule has 0 bridgehead atoms. The number of aromatic nitrogens is 8. The molecule has 2 atom stereocenters. The van der Waals surface area contributed by atoms with Crippen LogP contribution in [0.4, 0.5) is 22.0 Å². The summed E-state index contributed by atoms with van der Waals surface area (Å²) >= 11 is 0.483. The zero-order chi connectivity index (χ0) is 29.4. The highest BCUT2D eigenvalue weighted by Gasteiger charge is 2.43. The van der Waals surface area contributed by atoms with Crippen molar-refractivity contribution in [3.63, 3.8) is 0 Å². The second-order valence-electron chi connectivity index (χ2n) is 8.80. The number of amides is 1. The third kappa shape index (κ3) is 5.66. The van der Waals surface area contributed by atoms with Gasteiger partial charge in [0.15, 0.2) is 12.0 Å². The fourth-order valence-corrected chi connectivity index (χ4v) is 5.05. The van der Waals surface area contributed by atoms with Crippen molar-refractivity contribution < 1.29 is 31.9 Å². The van der Waals surface area contributed by atoms with Crippen LogP contribution < -0.4 is 5.32 Å². The van der Waals surface area contributed by atoms with Crippen LogP contribution in [-0.4, -0.2) is 57.0 Å². The Kier molecular flexibility index (Phi) is 7.31. The maximum atomic E-state index is 14.8. The first-order valence-corrected chi connectivity index (χ1v) is 12.5. The van der Waals surface area contributed by atoms with Gasteiger partial charge in [0, 0.05) is 17.2 Å². The lowest BCUT2D eigenvalue weighted by Gasteiger charge is -2.35. The predicted octanol–water partition coefficient (Wildman–Crippen LogP) is 3.38. The van der Waals surface area contributed by atoms with Gasteiger partial charge in [0.25, 0.3) is 5.91 Å². The first kappa shape index (κ1) is 27.9. The molecule has 0 saturated carbocycles. The van der Waals surface area contributed by atoms with E-state index in [2.05, 4.69) is 35.8 Å². The second kappa shape index (κ2) is 10.7. The van der Waals surface area contributed by atoms with E-state index in [9.17, 15) is 31.9 Å². The normalized spacial score (nSPS) is 14.0. The van der Waals surface area contributed by atoms with Gasteiger partial charge in [-0.05, 0) is 42.5 Å². The average Bonchev–Trinajstić information content (AvgIpc) is 3.70. The first-order chi connectivity index (χ1) is 19.5. The van der Waals surface area contributed by atoms with Crippen molar-refractivity contribution in [2.24, 2.45) is 0 Å². The number of thiazole rings is 1. The molecule has 5 aromatic rings. The van der Waals surface area contributed by atoms with Crippen molar-refractivity contribution in [2.45, 2.75) is 31.3 Å². The molecule has 3 aromatic heterocycles. The smallest absolute Gasteiger partial charge is 0.381 e. The number of carbonyl (C=O) groups is 1. The van der Waals surface area contributed by atoms with Crippen molar-refractivity contribution in [2.75, 3.05) is 0 Å². The maximum Gasteiger partial charge on any atom is 0.435 e. The molecule has 0 aliphatic heterocycles. The van der Waals surface area contributed by atoms with Gasteiger partial charge in [-0.25, -0.2) is 23.4 Å². The summed E-state index contributed by atoms with van der Waals surface area (Å²) < 4.78 is 71.4. The molecule has 5 rings (SSSR count). The standard InChI is InChI=1S/C24H18F5N9O2S/c1-13(23(40,9-37-12-30-10-32-37)17-7-4-15(25)8-18(17)26)34-21(39)19-20(24(27,28)29)35-22(41-19)14-2-5-16(6-3-14)38-33-11-31-36-38/h2-8,10-13,40H,9H2,1H3,(H,34,39)/t13-,23-/m1/s1. The van der Waals surface area contributed by atoms with Gasteiger partial charge in [-0.2, -0.15) is 18.3 Å². The van der Waals surface area contributed by atoms with E-state index in [1.165, 1.54) is 48.6 Å². The highest BCUT2D eigenvalue weighted by Crippen LogP contribution is 2.38. The zero-order valence-corrected chi connectivity index (χ0v) is 21.6. The van der Waals surface area contributed by atoms with E-state index < -0.39 is 58.0 Å². The Morgan fingerprint density at radius 3 is 2.46 bits per heavy atom. The number of alkyl halides is 3. The maximum absolute atomic E-state index is 14.8. The zero-order valence-electron chi connectivity index (χ0n) is 20.8. The van der Waals surface area contributed by atoms with Gasteiger partial charge in [-0.15, -0.1) is 26.3 Å². The molecule has 3 heterocycles. The molecule has 0 fully saturated rings. The molecule has 2 N–H and O–H groups in total. The highest BCUT2D eigenvalue weighted by molar-refractivity contribution is 7.17. The Morgan fingerprint density at radius 1 is 1.10 bits per heavy atom. The van der Waals surface area contributed by atoms with Crippen LogP contribution in [0.15, 0.2) is 61.4 Å². The molecule has 0 saturated heterocycles. The van der Waals surface area contributed by atoms with E-state index >= 15 is 0 Å². The van der Waals surface area contributed by atoms with Crippen LogP contribution in [0.3, 0.4) is 0 Å². The number of aliphatic hydroxyl groups is 1. The third-order valence-electron chi connectivity index (χ3n) is 6.13. The summed E-state index contributed by atoms with van der Waals surface area (Å²) in [6.07, 6.45) is -1.42. The molecule has 212 valence electrons. The van der Waals surface area contributed by atoms with Crippen LogP contribution in [0, 0.1) is 11.6 Å².